The Morgan fingerprint density at radius 2 is 2.12 bits per heavy atom. The van der Waals surface area contributed by atoms with Gasteiger partial charge >= 0.3 is 5.97 Å². The Kier molecular flexibility index (Phi) is 4.15. The van der Waals surface area contributed by atoms with Crippen LogP contribution >= 0.6 is 15.9 Å². The van der Waals surface area contributed by atoms with Gasteiger partial charge in [-0.2, -0.15) is 0 Å². The second-order valence-corrected chi connectivity index (χ2v) is 4.86. The van der Waals surface area contributed by atoms with Gasteiger partial charge in [0, 0.05) is 24.1 Å². The molecule has 1 aliphatic rings. The van der Waals surface area contributed by atoms with Crippen molar-refractivity contribution in [3.05, 3.63) is 33.8 Å². The lowest BCUT2D eigenvalue weighted by Gasteiger charge is -2.26. The molecule has 0 atom stereocenters. The van der Waals surface area contributed by atoms with Crippen molar-refractivity contribution in [2.24, 2.45) is 0 Å². The molecule has 92 valence electrons. The predicted octanol–water partition coefficient (Wildman–Crippen LogP) is 1.98. The van der Waals surface area contributed by atoms with E-state index in [1.807, 2.05) is 6.07 Å². The highest BCUT2D eigenvalue weighted by Gasteiger charge is 2.13. The summed E-state index contributed by atoms with van der Waals surface area (Å²) in [7, 11) is 0. The minimum atomic E-state index is -0.902. The molecule has 0 aliphatic carbocycles. The van der Waals surface area contributed by atoms with E-state index in [1.54, 1.807) is 12.1 Å². The van der Waals surface area contributed by atoms with Gasteiger partial charge < -0.3 is 9.84 Å². The van der Waals surface area contributed by atoms with E-state index in [9.17, 15) is 4.79 Å². The fourth-order valence-electron chi connectivity index (χ4n) is 1.85. The normalized spacial score (nSPS) is 17.0. The standard InChI is InChI=1S/C12H14BrNO3/c13-11-2-1-9(7-10(11)12(15)16)8-14-3-5-17-6-4-14/h1-2,7H,3-6,8H2,(H,15,16). The molecule has 0 spiro atoms. The number of hydrogen-bond donors (Lipinski definition) is 1. The van der Waals surface area contributed by atoms with Crippen LogP contribution < -0.4 is 0 Å². The summed E-state index contributed by atoms with van der Waals surface area (Å²) in [5.41, 5.74) is 1.34. The molecule has 0 radical (unpaired) electrons. The molecule has 5 heteroatoms. The van der Waals surface area contributed by atoms with E-state index in [1.165, 1.54) is 0 Å². The number of hydrogen-bond acceptors (Lipinski definition) is 3. The Morgan fingerprint density at radius 3 is 2.76 bits per heavy atom. The van der Waals surface area contributed by atoms with Crippen molar-refractivity contribution in [1.29, 1.82) is 0 Å². The first-order valence-corrected chi connectivity index (χ1v) is 6.28. The molecule has 1 fully saturated rings. The first-order valence-electron chi connectivity index (χ1n) is 5.48. The van der Waals surface area contributed by atoms with Crippen LogP contribution in [0.15, 0.2) is 22.7 Å². The van der Waals surface area contributed by atoms with Crippen LogP contribution in [-0.2, 0) is 11.3 Å². The van der Waals surface area contributed by atoms with Crippen LogP contribution in [0.4, 0.5) is 0 Å². The Bertz CT molecular complexity index is 416. The van der Waals surface area contributed by atoms with Crippen molar-refractivity contribution in [1.82, 2.24) is 4.90 Å². The van der Waals surface area contributed by atoms with Gasteiger partial charge in [0.25, 0.3) is 0 Å². The van der Waals surface area contributed by atoms with Crippen LogP contribution in [0.1, 0.15) is 15.9 Å². The minimum absolute atomic E-state index is 0.316. The maximum Gasteiger partial charge on any atom is 0.336 e. The Balaban J connectivity index is 2.10. The second kappa shape index (κ2) is 5.62. The Hall–Kier alpha value is -0.910. The van der Waals surface area contributed by atoms with Crippen molar-refractivity contribution in [3.63, 3.8) is 0 Å². The smallest absolute Gasteiger partial charge is 0.336 e. The van der Waals surface area contributed by atoms with Gasteiger partial charge in [0.1, 0.15) is 0 Å². The predicted molar refractivity (Wildman–Crippen MR) is 67.2 cm³/mol. The molecule has 1 N–H and O–H groups in total. The average Bonchev–Trinajstić information content (AvgIpc) is 2.32. The quantitative estimate of drug-likeness (QED) is 0.927. The van der Waals surface area contributed by atoms with Gasteiger partial charge in [0.05, 0.1) is 18.8 Å². The average molecular weight is 300 g/mol. The summed E-state index contributed by atoms with van der Waals surface area (Å²) in [6.45, 7) is 4.08. The molecule has 0 amide bonds. The number of nitrogens with zero attached hydrogens (tertiary/aromatic N) is 1. The van der Waals surface area contributed by atoms with E-state index in [2.05, 4.69) is 20.8 Å². The van der Waals surface area contributed by atoms with Gasteiger partial charge in [-0.25, -0.2) is 4.79 Å². The first kappa shape index (κ1) is 12.5. The van der Waals surface area contributed by atoms with E-state index in [4.69, 9.17) is 9.84 Å². The zero-order chi connectivity index (χ0) is 12.3. The monoisotopic (exact) mass is 299 g/mol. The molecular weight excluding hydrogens is 286 g/mol. The minimum Gasteiger partial charge on any atom is -0.478 e. The number of rotatable bonds is 3. The van der Waals surface area contributed by atoms with Gasteiger partial charge in [0.15, 0.2) is 0 Å². The summed E-state index contributed by atoms with van der Waals surface area (Å²) in [5.74, 6) is -0.902. The van der Waals surface area contributed by atoms with Gasteiger partial charge in [-0.1, -0.05) is 6.07 Å². The molecule has 1 aliphatic heterocycles. The highest BCUT2D eigenvalue weighted by molar-refractivity contribution is 9.10. The third-order valence-electron chi connectivity index (χ3n) is 2.77. The molecule has 2 rings (SSSR count). The molecule has 0 unspecified atom stereocenters. The van der Waals surface area contributed by atoms with Gasteiger partial charge in [-0.15, -0.1) is 0 Å². The van der Waals surface area contributed by atoms with Crippen LogP contribution in [-0.4, -0.2) is 42.3 Å². The number of morpholine rings is 1. The third kappa shape index (κ3) is 3.28. The lowest BCUT2D eigenvalue weighted by atomic mass is 10.1. The van der Waals surface area contributed by atoms with Crippen molar-refractivity contribution < 1.29 is 14.6 Å². The highest BCUT2D eigenvalue weighted by Crippen LogP contribution is 2.19. The van der Waals surface area contributed by atoms with E-state index in [0.717, 1.165) is 38.4 Å². The Labute approximate surface area is 108 Å². The van der Waals surface area contributed by atoms with E-state index < -0.39 is 5.97 Å². The summed E-state index contributed by atoms with van der Waals surface area (Å²) >= 11 is 3.24. The van der Waals surface area contributed by atoms with E-state index in [-0.39, 0.29) is 0 Å². The van der Waals surface area contributed by atoms with Crippen LogP contribution in [0.2, 0.25) is 0 Å². The maximum atomic E-state index is 11.0. The van der Waals surface area contributed by atoms with E-state index in [0.29, 0.717) is 10.0 Å². The molecule has 0 saturated carbocycles. The zero-order valence-corrected chi connectivity index (χ0v) is 10.9. The summed E-state index contributed by atoms with van der Waals surface area (Å²) in [6, 6.07) is 5.47. The van der Waals surface area contributed by atoms with Crippen molar-refractivity contribution in [2.75, 3.05) is 26.3 Å². The molecular formula is C12H14BrNO3. The van der Waals surface area contributed by atoms with Crippen molar-refractivity contribution >= 4 is 21.9 Å². The van der Waals surface area contributed by atoms with Crippen LogP contribution in [0.5, 0.6) is 0 Å². The second-order valence-electron chi connectivity index (χ2n) is 4.01. The van der Waals surface area contributed by atoms with Crippen LogP contribution in [0, 0.1) is 0 Å². The number of carbonyl (C=O) groups is 1. The maximum absolute atomic E-state index is 11.0. The molecule has 1 aromatic rings. The largest absolute Gasteiger partial charge is 0.478 e. The molecule has 0 aromatic heterocycles. The number of aromatic carboxylic acids is 1. The van der Waals surface area contributed by atoms with Crippen LogP contribution in [0.3, 0.4) is 0 Å². The van der Waals surface area contributed by atoms with Gasteiger partial charge in [-0.05, 0) is 33.6 Å². The molecule has 0 bridgehead atoms. The lowest BCUT2D eigenvalue weighted by molar-refractivity contribution is 0.0341. The van der Waals surface area contributed by atoms with Crippen LogP contribution in [0.25, 0.3) is 0 Å². The highest BCUT2D eigenvalue weighted by atomic mass is 79.9. The third-order valence-corrected chi connectivity index (χ3v) is 3.46. The molecule has 1 aromatic carbocycles. The number of carboxylic acid groups (broad SMARTS) is 1. The first-order chi connectivity index (χ1) is 8.16. The fraction of sp³-hybridized carbons (Fsp3) is 0.417. The topological polar surface area (TPSA) is 49.8 Å². The molecule has 17 heavy (non-hydrogen) atoms. The zero-order valence-electron chi connectivity index (χ0n) is 9.36. The summed E-state index contributed by atoms with van der Waals surface area (Å²) in [5, 5.41) is 9.03. The SMILES string of the molecule is O=C(O)c1cc(CN2CCOCC2)ccc1Br. The summed E-state index contributed by atoms with van der Waals surface area (Å²) < 4.78 is 5.90. The number of halogens is 1. The van der Waals surface area contributed by atoms with Gasteiger partial charge in [0.2, 0.25) is 0 Å². The number of benzene rings is 1. The summed E-state index contributed by atoms with van der Waals surface area (Å²) in [4.78, 5) is 13.3. The van der Waals surface area contributed by atoms with Gasteiger partial charge in [-0.3, -0.25) is 4.90 Å². The molecule has 1 saturated heterocycles. The molecule has 1 heterocycles. The van der Waals surface area contributed by atoms with Crippen molar-refractivity contribution in [3.8, 4) is 0 Å². The number of carboxylic acids is 1. The number of ether oxygens (including phenoxy) is 1. The van der Waals surface area contributed by atoms with Crippen molar-refractivity contribution in [2.45, 2.75) is 6.54 Å². The summed E-state index contributed by atoms with van der Waals surface area (Å²) in [6.07, 6.45) is 0. The molecule has 4 nitrogen and oxygen atoms in total. The fourth-order valence-corrected chi connectivity index (χ4v) is 2.27. The van der Waals surface area contributed by atoms with E-state index >= 15 is 0 Å². The Morgan fingerprint density at radius 1 is 1.41 bits per heavy atom. The lowest BCUT2D eigenvalue weighted by Crippen LogP contribution is -2.35.